The molecule has 3 aromatic carbocycles. The van der Waals surface area contributed by atoms with Gasteiger partial charge in [-0.05, 0) is 33.4 Å². The minimum Gasteiger partial charge on any atom is -0.460 e. The summed E-state index contributed by atoms with van der Waals surface area (Å²) in [6.07, 6.45) is -1.71. The average molecular weight is 619 g/mol. The molecule has 0 aromatic heterocycles. The minimum absolute atomic E-state index is 0.0754. The summed E-state index contributed by atoms with van der Waals surface area (Å²) in [7, 11) is 0. The maximum absolute atomic E-state index is 12.1. The third kappa shape index (κ3) is 11.6. The molecule has 3 aromatic rings. The van der Waals surface area contributed by atoms with Crippen LogP contribution in [0.15, 0.2) is 72.8 Å². The zero-order valence-corrected chi connectivity index (χ0v) is 24.2. The summed E-state index contributed by atoms with van der Waals surface area (Å²) in [6.45, 7) is -0.453. The lowest BCUT2D eigenvalue weighted by Crippen LogP contribution is -2.14. The summed E-state index contributed by atoms with van der Waals surface area (Å²) in [6, 6.07) is 20.1. The van der Waals surface area contributed by atoms with Gasteiger partial charge in [0.1, 0.15) is 58.9 Å². The Bertz CT molecular complexity index is 1210. The normalized spacial score (nSPS) is 16.5. The molecule has 4 aliphatic heterocycles. The maximum atomic E-state index is 12.1. The molecule has 0 atom stereocenters. The molecule has 45 heavy (non-hydrogen) atoms. The second kappa shape index (κ2) is 16.4. The van der Waals surface area contributed by atoms with Crippen molar-refractivity contribution in [3.63, 3.8) is 0 Å². The van der Waals surface area contributed by atoms with Gasteiger partial charge in [-0.3, -0.25) is 28.8 Å². The fourth-order valence-electron chi connectivity index (χ4n) is 3.84. The number of benzene rings is 3. The van der Waals surface area contributed by atoms with E-state index in [1.165, 1.54) is 0 Å². The molecule has 234 valence electrons. The van der Waals surface area contributed by atoms with Gasteiger partial charge in [-0.1, -0.05) is 72.8 Å². The van der Waals surface area contributed by atoms with Crippen molar-refractivity contribution in [2.75, 3.05) is 0 Å². The molecule has 0 saturated heterocycles. The van der Waals surface area contributed by atoms with Crippen molar-refractivity contribution in [1.29, 1.82) is 0 Å². The van der Waals surface area contributed by atoms with Crippen LogP contribution < -0.4 is 0 Å². The molecule has 0 radical (unpaired) electrons. The van der Waals surface area contributed by atoms with Crippen molar-refractivity contribution in [3.8, 4) is 0 Å². The van der Waals surface area contributed by atoms with Crippen molar-refractivity contribution in [1.82, 2.24) is 0 Å². The van der Waals surface area contributed by atoms with E-state index < -0.39 is 55.1 Å². The van der Waals surface area contributed by atoms with Crippen LogP contribution >= 0.6 is 0 Å². The van der Waals surface area contributed by atoms with Crippen molar-refractivity contribution < 1.29 is 57.2 Å². The number of hydrogen-bond donors (Lipinski definition) is 0. The lowest BCUT2D eigenvalue weighted by Gasteiger charge is -2.08. The fraction of sp³-hybridized carbons (Fsp3) is 0.273. The Kier molecular flexibility index (Phi) is 11.8. The summed E-state index contributed by atoms with van der Waals surface area (Å²) < 4.78 is 30.8. The van der Waals surface area contributed by atoms with Gasteiger partial charge in [-0.25, -0.2) is 0 Å². The highest BCUT2D eigenvalue weighted by Crippen LogP contribution is 2.12. The summed E-state index contributed by atoms with van der Waals surface area (Å²) in [4.78, 5) is 72.4. The van der Waals surface area contributed by atoms with Crippen LogP contribution in [-0.4, -0.2) is 35.8 Å². The second-order valence-electron chi connectivity index (χ2n) is 9.94. The van der Waals surface area contributed by atoms with Crippen molar-refractivity contribution in [2.24, 2.45) is 0 Å². The highest BCUT2D eigenvalue weighted by atomic mass is 16.6. The predicted octanol–water partition coefficient (Wildman–Crippen LogP) is 3.53. The van der Waals surface area contributed by atoms with Crippen molar-refractivity contribution in [2.45, 2.75) is 58.9 Å². The van der Waals surface area contributed by atoms with Crippen molar-refractivity contribution in [3.05, 3.63) is 106 Å². The van der Waals surface area contributed by atoms with E-state index in [1.807, 2.05) is 0 Å². The molecule has 0 saturated carbocycles. The molecular formula is C33H30O12. The third-order valence-corrected chi connectivity index (χ3v) is 6.33. The molecule has 7 rings (SSSR count). The molecule has 4 heterocycles. The quantitative estimate of drug-likeness (QED) is 0.205. The molecule has 12 heteroatoms. The van der Waals surface area contributed by atoms with Crippen molar-refractivity contribution >= 4 is 35.8 Å². The Morgan fingerprint density at radius 1 is 0.267 bits per heavy atom. The van der Waals surface area contributed by atoms with Crippen LogP contribution in [0.2, 0.25) is 0 Å². The molecule has 0 aliphatic carbocycles. The Hall–Kier alpha value is -5.52. The van der Waals surface area contributed by atoms with Gasteiger partial charge in [0.25, 0.3) is 0 Å². The topological polar surface area (TPSA) is 158 Å². The average Bonchev–Trinajstić information content (AvgIpc) is 3.03. The second-order valence-corrected chi connectivity index (χ2v) is 9.94. The highest BCUT2D eigenvalue weighted by molar-refractivity contribution is 5.92. The number of rotatable bonds is 0. The van der Waals surface area contributed by atoms with Gasteiger partial charge in [0.05, 0.1) is 0 Å². The van der Waals surface area contributed by atoms with E-state index in [1.54, 1.807) is 72.8 Å². The lowest BCUT2D eigenvalue weighted by atomic mass is 10.1. The van der Waals surface area contributed by atoms with Gasteiger partial charge in [-0.2, -0.15) is 0 Å². The molecule has 12 nitrogen and oxygen atoms in total. The zero-order valence-electron chi connectivity index (χ0n) is 24.2. The smallest absolute Gasteiger partial charge is 0.317 e. The summed E-state index contributed by atoms with van der Waals surface area (Å²) in [5.41, 5.74) is 3.89. The Balaban J connectivity index is 1.35. The number of carbonyl (C=O) groups is 6. The summed E-state index contributed by atoms with van der Waals surface area (Å²) in [5, 5.41) is 0. The molecule has 0 N–H and O–H groups in total. The molecular weight excluding hydrogens is 588 g/mol. The van der Waals surface area contributed by atoms with Gasteiger partial charge in [0.15, 0.2) is 0 Å². The first-order valence-corrected chi connectivity index (χ1v) is 13.9. The maximum Gasteiger partial charge on any atom is 0.317 e. The molecule has 4 aliphatic rings. The Labute approximate surface area is 258 Å². The van der Waals surface area contributed by atoms with Gasteiger partial charge in [-0.15, -0.1) is 0 Å². The standard InChI is InChI=1S/C33H30O12/c34-28-13-30(36)42-18-24-5-7-26(8-6-24)20-44-32(38)15-33(39)45-21-27-11-9-25(10-12-27)19-43-31(37)14-29(35)41-17-23-2-1-22(3-4-23)16-40-28/h1-12H,13-21H2. The van der Waals surface area contributed by atoms with Crippen LogP contribution in [0.25, 0.3) is 0 Å². The van der Waals surface area contributed by atoms with Crippen LogP contribution in [0, 0.1) is 0 Å². The number of hydrogen-bond acceptors (Lipinski definition) is 12. The largest absolute Gasteiger partial charge is 0.460 e. The van der Waals surface area contributed by atoms with Gasteiger partial charge >= 0.3 is 35.8 Å². The van der Waals surface area contributed by atoms with Gasteiger partial charge in [0.2, 0.25) is 0 Å². The van der Waals surface area contributed by atoms with Gasteiger partial charge in [0, 0.05) is 0 Å². The molecule has 0 amide bonds. The Morgan fingerprint density at radius 2 is 0.400 bits per heavy atom. The summed E-state index contributed by atoms with van der Waals surface area (Å²) >= 11 is 0. The molecule has 0 fully saturated rings. The summed E-state index contributed by atoms with van der Waals surface area (Å²) in [5.74, 6) is -4.56. The number of esters is 6. The third-order valence-electron chi connectivity index (χ3n) is 6.33. The van der Waals surface area contributed by atoms with E-state index in [0.717, 1.165) is 0 Å². The van der Waals surface area contributed by atoms with E-state index in [4.69, 9.17) is 28.4 Å². The van der Waals surface area contributed by atoms with E-state index in [9.17, 15) is 28.8 Å². The lowest BCUT2D eigenvalue weighted by molar-refractivity contribution is -0.157. The zero-order chi connectivity index (χ0) is 32.0. The first-order valence-electron chi connectivity index (χ1n) is 13.9. The molecule has 0 spiro atoms. The molecule has 6 bridgehead atoms. The first kappa shape index (κ1) is 32.4. The Morgan fingerprint density at radius 3 is 0.533 bits per heavy atom. The number of fused-ring (bicyclic) bond motifs is 3. The van der Waals surface area contributed by atoms with Crippen LogP contribution in [0.1, 0.15) is 52.6 Å². The highest BCUT2D eigenvalue weighted by Gasteiger charge is 2.16. The van der Waals surface area contributed by atoms with Crippen LogP contribution in [0.3, 0.4) is 0 Å². The first-order chi connectivity index (χ1) is 21.7. The minimum atomic E-state index is -0.760. The predicted molar refractivity (Wildman–Crippen MR) is 152 cm³/mol. The van der Waals surface area contributed by atoms with Crippen LogP contribution in [0.4, 0.5) is 0 Å². The monoisotopic (exact) mass is 618 g/mol. The molecule has 0 unspecified atom stereocenters. The fourth-order valence-corrected chi connectivity index (χ4v) is 3.84. The van der Waals surface area contributed by atoms with Gasteiger partial charge < -0.3 is 28.4 Å². The van der Waals surface area contributed by atoms with E-state index >= 15 is 0 Å². The van der Waals surface area contributed by atoms with E-state index in [2.05, 4.69) is 0 Å². The number of carbonyl (C=O) groups excluding carboxylic acids is 6. The van der Waals surface area contributed by atoms with E-state index in [-0.39, 0.29) is 39.6 Å². The van der Waals surface area contributed by atoms with E-state index in [0.29, 0.717) is 33.4 Å². The SMILES string of the molecule is O=C1CC(=O)OCc2ccc(cc2)COC(=O)CC(=O)OCc2ccc(cc2)COC(=O)CC(=O)OCc2ccc(cc2)CO1. The number of ether oxygens (including phenoxy) is 6. The van der Waals surface area contributed by atoms with Crippen LogP contribution in [-0.2, 0) is 96.8 Å². The van der Waals surface area contributed by atoms with Crippen LogP contribution in [0.5, 0.6) is 0 Å².